The second-order valence-corrected chi connectivity index (χ2v) is 6.97. The molecule has 1 atom stereocenters. The van der Waals surface area contributed by atoms with Gasteiger partial charge in [-0.25, -0.2) is 0 Å². The van der Waals surface area contributed by atoms with Crippen molar-refractivity contribution in [2.24, 2.45) is 5.41 Å². The zero-order chi connectivity index (χ0) is 15.2. The maximum absolute atomic E-state index is 10.2. The molecule has 0 heterocycles. The molecule has 0 aliphatic heterocycles. The Labute approximate surface area is 126 Å². The van der Waals surface area contributed by atoms with E-state index in [1.807, 2.05) is 6.07 Å². The van der Waals surface area contributed by atoms with Crippen molar-refractivity contribution in [1.82, 2.24) is 0 Å². The molecule has 1 N–H and O–H groups in total. The third-order valence-electron chi connectivity index (χ3n) is 4.66. The third-order valence-corrected chi connectivity index (χ3v) is 4.66. The Morgan fingerprint density at radius 3 is 2.24 bits per heavy atom. The van der Waals surface area contributed by atoms with Crippen LogP contribution in [0.5, 0.6) is 5.75 Å². The summed E-state index contributed by atoms with van der Waals surface area (Å²) in [5.74, 6) is 0.758. The summed E-state index contributed by atoms with van der Waals surface area (Å²) in [5.41, 5.74) is 1.51. The van der Waals surface area contributed by atoms with Gasteiger partial charge in [0, 0.05) is 5.39 Å². The molecular weight excluding hydrogens is 256 g/mol. The Morgan fingerprint density at radius 2 is 1.52 bits per heavy atom. The predicted octanol–water partition coefficient (Wildman–Crippen LogP) is 5.85. The predicted molar refractivity (Wildman–Crippen MR) is 91.0 cm³/mol. The summed E-state index contributed by atoms with van der Waals surface area (Å²) in [4.78, 5) is 0. The van der Waals surface area contributed by atoms with Gasteiger partial charge in [0.15, 0.2) is 0 Å². The van der Waals surface area contributed by atoms with Gasteiger partial charge in [-0.15, -0.1) is 0 Å². The number of aromatic hydroxyl groups is 1. The van der Waals surface area contributed by atoms with Crippen molar-refractivity contribution in [2.45, 2.75) is 33.6 Å². The van der Waals surface area contributed by atoms with Crippen LogP contribution in [0.25, 0.3) is 21.5 Å². The second-order valence-electron chi connectivity index (χ2n) is 6.97. The molecule has 0 radical (unpaired) electrons. The molecule has 0 saturated carbocycles. The van der Waals surface area contributed by atoms with Crippen LogP contribution in [0.3, 0.4) is 0 Å². The van der Waals surface area contributed by atoms with Gasteiger partial charge in [0.25, 0.3) is 0 Å². The van der Waals surface area contributed by atoms with Gasteiger partial charge in [0.1, 0.15) is 5.75 Å². The number of hydrogen-bond donors (Lipinski definition) is 1. The van der Waals surface area contributed by atoms with Crippen LogP contribution in [-0.2, 0) is 0 Å². The van der Waals surface area contributed by atoms with Crippen molar-refractivity contribution >= 4 is 21.5 Å². The molecular formula is C20H22O. The Hall–Kier alpha value is -2.02. The highest BCUT2D eigenvalue weighted by Gasteiger charge is 2.25. The Bertz CT molecular complexity index is 809. The molecule has 0 bridgehead atoms. The van der Waals surface area contributed by atoms with Crippen molar-refractivity contribution in [2.75, 3.05) is 0 Å². The standard InChI is InChI=1S/C20H22O/c1-13(20(2,3)4)19-15-9-6-5-8-14(15)12-17-16(19)10-7-11-18(17)21/h5-13,21H,1-4H3. The highest BCUT2D eigenvalue weighted by molar-refractivity contribution is 6.04. The van der Waals surface area contributed by atoms with Crippen LogP contribution in [0.4, 0.5) is 0 Å². The van der Waals surface area contributed by atoms with Crippen molar-refractivity contribution in [3.63, 3.8) is 0 Å². The van der Waals surface area contributed by atoms with E-state index in [4.69, 9.17) is 0 Å². The average Bonchev–Trinajstić information content (AvgIpc) is 2.44. The lowest BCUT2D eigenvalue weighted by atomic mass is 9.75. The second kappa shape index (κ2) is 4.77. The molecule has 0 fully saturated rings. The summed E-state index contributed by atoms with van der Waals surface area (Å²) in [6.45, 7) is 9.10. The fourth-order valence-corrected chi connectivity index (χ4v) is 3.01. The third kappa shape index (κ3) is 2.27. The summed E-state index contributed by atoms with van der Waals surface area (Å²) in [5, 5.41) is 14.8. The van der Waals surface area contributed by atoms with E-state index in [0.717, 1.165) is 10.8 Å². The zero-order valence-electron chi connectivity index (χ0n) is 13.1. The van der Waals surface area contributed by atoms with Crippen molar-refractivity contribution < 1.29 is 5.11 Å². The summed E-state index contributed by atoms with van der Waals surface area (Å²) in [7, 11) is 0. The van der Waals surface area contributed by atoms with Gasteiger partial charge in [0.2, 0.25) is 0 Å². The smallest absolute Gasteiger partial charge is 0.123 e. The topological polar surface area (TPSA) is 20.2 Å². The Kier molecular flexibility index (Phi) is 3.16. The van der Waals surface area contributed by atoms with E-state index in [1.165, 1.54) is 16.3 Å². The van der Waals surface area contributed by atoms with Crippen molar-refractivity contribution in [3.05, 3.63) is 54.1 Å². The fraction of sp³-hybridized carbons (Fsp3) is 0.300. The molecule has 3 rings (SSSR count). The molecule has 1 unspecified atom stereocenters. The number of benzene rings is 3. The molecule has 1 heteroatoms. The van der Waals surface area contributed by atoms with Gasteiger partial charge in [0.05, 0.1) is 0 Å². The van der Waals surface area contributed by atoms with E-state index in [1.54, 1.807) is 6.07 Å². The highest BCUT2D eigenvalue weighted by Crippen LogP contribution is 2.43. The number of hydrogen-bond acceptors (Lipinski definition) is 1. The average molecular weight is 278 g/mol. The first kappa shape index (κ1) is 13.9. The fourth-order valence-electron chi connectivity index (χ4n) is 3.01. The zero-order valence-corrected chi connectivity index (χ0v) is 13.1. The van der Waals surface area contributed by atoms with E-state index < -0.39 is 0 Å². The van der Waals surface area contributed by atoms with Gasteiger partial charge in [-0.3, -0.25) is 0 Å². The quantitative estimate of drug-likeness (QED) is 0.554. The maximum atomic E-state index is 10.2. The minimum atomic E-state index is 0.169. The SMILES string of the molecule is CC(c1c2ccccc2cc2c(O)cccc12)C(C)(C)C. The first-order valence-corrected chi connectivity index (χ1v) is 7.53. The Balaban J connectivity index is 2.49. The van der Waals surface area contributed by atoms with Gasteiger partial charge < -0.3 is 5.11 Å². The van der Waals surface area contributed by atoms with E-state index in [9.17, 15) is 5.11 Å². The first-order chi connectivity index (χ1) is 9.89. The summed E-state index contributed by atoms with van der Waals surface area (Å²) in [6, 6.07) is 16.4. The van der Waals surface area contributed by atoms with Gasteiger partial charge >= 0.3 is 0 Å². The van der Waals surface area contributed by atoms with Crippen LogP contribution in [0.1, 0.15) is 39.2 Å². The molecule has 0 amide bonds. The van der Waals surface area contributed by atoms with Crippen LogP contribution in [0, 0.1) is 5.41 Å². The Morgan fingerprint density at radius 1 is 0.857 bits per heavy atom. The van der Waals surface area contributed by atoms with Crippen molar-refractivity contribution in [3.8, 4) is 5.75 Å². The minimum absolute atomic E-state index is 0.169. The molecule has 0 aromatic heterocycles. The minimum Gasteiger partial charge on any atom is -0.507 e. The largest absolute Gasteiger partial charge is 0.507 e. The van der Waals surface area contributed by atoms with E-state index >= 15 is 0 Å². The number of phenolic OH excluding ortho intramolecular Hbond substituents is 1. The summed E-state index contributed by atoms with van der Waals surface area (Å²) >= 11 is 0. The maximum Gasteiger partial charge on any atom is 0.123 e. The molecule has 3 aromatic carbocycles. The van der Waals surface area contributed by atoms with Crippen LogP contribution in [0.15, 0.2) is 48.5 Å². The molecule has 108 valence electrons. The van der Waals surface area contributed by atoms with Crippen LogP contribution in [0.2, 0.25) is 0 Å². The van der Waals surface area contributed by atoms with E-state index in [0.29, 0.717) is 11.7 Å². The van der Waals surface area contributed by atoms with Crippen LogP contribution >= 0.6 is 0 Å². The monoisotopic (exact) mass is 278 g/mol. The lowest BCUT2D eigenvalue weighted by molar-refractivity contribution is 0.342. The van der Waals surface area contributed by atoms with Gasteiger partial charge in [-0.05, 0) is 45.2 Å². The normalized spacial score (nSPS) is 13.7. The highest BCUT2D eigenvalue weighted by atomic mass is 16.3. The lowest BCUT2D eigenvalue weighted by Gasteiger charge is -2.30. The van der Waals surface area contributed by atoms with Gasteiger partial charge in [-0.1, -0.05) is 64.1 Å². The molecule has 0 aliphatic carbocycles. The molecule has 3 aromatic rings. The lowest BCUT2D eigenvalue weighted by Crippen LogP contribution is -2.16. The molecule has 21 heavy (non-hydrogen) atoms. The number of fused-ring (bicyclic) bond motifs is 2. The van der Waals surface area contributed by atoms with Crippen molar-refractivity contribution in [1.29, 1.82) is 0 Å². The van der Waals surface area contributed by atoms with Gasteiger partial charge in [-0.2, -0.15) is 0 Å². The summed E-state index contributed by atoms with van der Waals surface area (Å²) < 4.78 is 0. The molecule has 0 spiro atoms. The van der Waals surface area contributed by atoms with E-state index in [2.05, 4.69) is 64.1 Å². The van der Waals surface area contributed by atoms with Crippen LogP contribution in [-0.4, -0.2) is 5.11 Å². The summed E-state index contributed by atoms with van der Waals surface area (Å²) in [6.07, 6.45) is 0. The van der Waals surface area contributed by atoms with E-state index in [-0.39, 0.29) is 5.41 Å². The number of phenols is 1. The van der Waals surface area contributed by atoms with Crippen LogP contribution < -0.4 is 0 Å². The molecule has 0 aliphatic rings. The first-order valence-electron chi connectivity index (χ1n) is 7.53. The number of rotatable bonds is 1. The molecule has 0 saturated heterocycles. The molecule has 1 nitrogen and oxygen atoms in total.